The fourth-order valence-electron chi connectivity index (χ4n) is 3.49. The number of hydrogen-bond acceptors (Lipinski definition) is 2. The Labute approximate surface area is 160 Å². The minimum atomic E-state index is -0.198. The number of rotatable bonds is 8. The zero-order valence-electron chi connectivity index (χ0n) is 16.0. The highest BCUT2D eigenvalue weighted by atomic mass is 16.2. The molecule has 1 aromatic heterocycles. The third kappa shape index (κ3) is 4.11. The molecule has 0 unspecified atom stereocenters. The minimum absolute atomic E-state index is 0.0399. The van der Waals surface area contributed by atoms with Gasteiger partial charge in [-0.2, -0.15) is 0 Å². The van der Waals surface area contributed by atoms with E-state index in [0.29, 0.717) is 16.9 Å². The number of nitrogens with zero attached hydrogens (tertiary/aromatic N) is 1. The predicted octanol–water partition coefficient (Wildman–Crippen LogP) is 5.68. The number of hydrogen-bond donors (Lipinski definition) is 1. The van der Waals surface area contributed by atoms with Gasteiger partial charge in [0.2, 0.25) is 0 Å². The molecule has 1 amide bonds. The van der Waals surface area contributed by atoms with E-state index >= 15 is 0 Å². The highest BCUT2D eigenvalue weighted by molar-refractivity contribution is 6.15. The van der Waals surface area contributed by atoms with Crippen LogP contribution in [0, 0.1) is 0 Å². The maximum atomic E-state index is 12.8. The van der Waals surface area contributed by atoms with Crippen LogP contribution >= 0.6 is 0 Å². The molecule has 0 radical (unpaired) electrons. The third-order valence-corrected chi connectivity index (χ3v) is 4.83. The van der Waals surface area contributed by atoms with Gasteiger partial charge < -0.3 is 9.88 Å². The fraction of sp³-hybridized carbons (Fsp3) is 0.304. The highest BCUT2D eigenvalue weighted by Gasteiger charge is 2.21. The Kier molecular flexibility index (Phi) is 6.07. The van der Waals surface area contributed by atoms with Crippen LogP contribution in [0.1, 0.15) is 60.2 Å². The van der Waals surface area contributed by atoms with Crippen molar-refractivity contribution in [2.24, 2.45) is 0 Å². The van der Waals surface area contributed by atoms with E-state index in [-0.39, 0.29) is 11.7 Å². The van der Waals surface area contributed by atoms with Crippen LogP contribution in [0.25, 0.3) is 10.9 Å². The quantitative estimate of drug-likeness (QED) is 0.414. The smallest absolute Gasteiger partial charge is 0.256 e. The first kappa shape index (κ1) is 18.9. The summed E-state index contributed by atoms with van der Waals surface area (Å²) >= 11 is 0. The summed E-state index contributed by atoms with van der Waals surface area (Å²) in [7, 11) is 0. The number of nitrogens with one attached hydrogen (secondary N) is 1. The number of amides is 1. The van der Waals surface area contributed by atoms with Crippen LogP contribution in [0.3, 0.4) is 0 Å². The summed E-state index contributed by atoms with van der Waals surface area (Å²) in [5.74, 6) is 0.367. The predicted molar refractivity (Wildman–Crippen MR) is 110 cm³/mol. The van der Waals surface area contributed by atoms with Gasteiger partial charge in [-0.3, -0.25) is 9.59 Å². The minimum Gasteiger partial charge on any atom is -0.327 e. The van der Waals surface area contributed by atoms with E-state index in [1.54, 1.807) is 19.1 Å². The van der Waals surface area contributed by atoms with E-state index in [4.69, 9.17) is 0 Å². The van der Waals surface area contributed by atoms with Gasteiger partial charge >= 0.3 is 0 Å². The number of carbonyl (C=O) groups excluding carboxylic acids is 2. The van der Waals surface area contributed by atoms with E-state index < -0.39 is 0 Å². The number of aromatic nitrogens is 1. The van der Waals surface area contributed by atoms with Crippen molar-refractivity contribution in [3.63, 3.8) is 0 Å². The van der Waals surface area contributed by atoms with Gasteiger partial charge in [0, 0.05) is 17.5 Å². The lowest BCUT2D eigenvalue weighted by Crippen LogP contribution is -2.17. The lowest BCUT2D eigenvalue weighted by atomic mass is 10.1. The zero-order valence-corrected chi connectivity index (χ0v) is 16.0. The Bertz CT molecular complexity index is 942. The fourth-order valence-corrected chi connectivity index (χ4v) is 3.49. The van der Waals surface area contributed by atoms with E-state index in [1.165, 1.54) is 12.8 Å². The zero-order chi connectivity index (χ0) is 19.2. The van der Waals surface area contributed by atoms with Crippen molar-refractivity contribution in [3.05, 3.63) is 65.7 Å². The number of Topliss-reactive ketones (excluding diaryl/α,β-unsaturated/α-hetero) is 1. The van der Waals surface area contributed by atoms with Gasteiger partial charge in [0.25, 0.3) is 5.91 Å². The maximum absolute atomic E-state index is 12.8. The summed E-state index contributed by atoms with van der Waals surface area (Å²) in [6.45, 7) is 4.52. The Morgan fingerprint density at radius 1 is 0.926 bits per heavy atom. The van der Waals surface area contributed by atoms with Gasteiger partial charge in [0.1, 0.15) is 5.82 Å². The monoisotopic (exact) mass is 362 g/mol. The Morgan fingerprint density at radius 3 is 2.33 bits per heavy atom. The summed E-state index contributed by atoms with van der Waals surface area (Å²) in [6, 6.07) is 17.0. The number of aryl methyl sites for hydroxylation is 1. The number of fused-ring (bicyclic) bond motifs is 1. The molecular weight excluding hydrogens is 336 g/mol. The average molecular weight is 362 g/mol. The molecule has 0 fully saturated rings. The molecule has 0 bridgehead atoms. The SMILES string of the molecule is CCCCCCn1c(NC(=O)c2ccccc2)c(C(C)=O)c2ccccc21. The van der Waals surface area contributed by atoms with Crippen molar-refractivity contribution in [3.8, 4) is 0 Å². The van der Waals surface area contributed by atoms with Gasteiger partial charge in [-0.1, -0.05) is 62.6 Å². The third-order valence-electron chi connectivity index (χ3n) is 4.83. The van der Waals surface area contributed by atoms with Gasteiger partial charge in [0.05, 0.1) is 11.1 Å². The molecule has 1 N–H and O–H groups in total. The molecule has 0 saturated heterocycles. The molecule has 1 heterocycles. The van der Waals surface area contributed by atoms with Crippen LogP contribution in [0.5, 0.6) is 0 Å². The van der Waals surface area contributed by atoms with Crippen LogP contribution in [-0.4, -0.2) is 16.3 Å². The molecule has 0 atom stereocenters. The van der Waals surface area contributed by atoms with Gasteiger partial charge in [-0.05, 0) is 31.5 Å². The Hall–Kier alpha value is -2.88. The molecule has 27 heavy (non-hydrogen) atoms. The number of carbonyl (C=O) groups is 2. The summed E-state index contributed by atoms with van der Waals surface area (Å²) in [6.07, 6.45) is 4.50. The standard InChI is InChI=1S/C23H26N2O2/c1-3-4-5-11-16-25-20-15-10-9-14-19(20)21(17(2)26)22(25)24-23(27)18-12-7-6-8-13-18/h6-10,12-15H,3-5,11,16H2,1-2H3,(H,24,27). The van der Waals surface area contributed by atoms with Crippen LogP contribution in [0.2, 0.25) is 0 Å². The maximum Gasteiger partial charge on any atom is 0.256 e. The molecule has 140 valence electrons. The molecule has 3 aromatic rings. The lowest BCUT2D eigenvalue weighted by molar-refractivity contribution is 0.102. The number of benzene rings is 2. The lowest BCUT2D eigenvalue weighted by Gasteiger charge is -2.13. The first-order valence-corrected chi connectivity index (χ1v) is 9.62. The first-order chi connectivity index (χ1) is 13.1. The van der Waals surface area contributed by atoms with Crippen molar-refractivity contribution in [1.82, 2.24) is 4.57 Å². The number of ketones is 1. The molecule has 0 spiro atoms. The number of unbranched alkanes of at least 4 members (excludes halogenated alkanes) is 3. The summed E-state index contributed by atoms with van der Waals surface area (Å²) in [4.78, 5) is 25.2. The second-order valence-electron chi connectivity index (χ2n) is 6.83. The van der Waals surface area contributed by atoms with E-state index in [2.05, 4.69) is 16.8 Å². The van der Waals surface area contributed by atoms with Crippen molar-refractivity contribution in [2.75, 3.05) is 5.32 Å². The van der Waals surface area contributed by atoms with Crippen LogP contribution in [0.4, 0.5) is 5.82 Å². The molecule has 0 aliphatic heterocycles. The van der Waals surface area contributed by atoms with Crippen molar-refractivity contribution in [2.45, 2.75) is 46.1 Å². The normalized spacial score (nSPS) is 10.9. The summed E-state index contributed by atoms with van der Waals surface area (Å²) < 4.78 is 2.09. The second-order valence-corrected chi connectivity index (χ2v) is 6.83. The van der Waals surface area contributed by atoms with Crippen molar-refractivity contribution in [1.29, 1.82) is 0 Å². The molecule has 4 nitrogen and oxygen atoms in total. The van der Waals surface area contributed by atoms with Gasteiger partial charge in [-0.15, -0.1) is 0 Å². The van der Waals surface area contributed by atoms with Crippen molar-refractivity contribution >= 4 is 28.4 Å². The molecule has 0 saturated carbocycles. The van der Waals surface area contributed by atoms with Crippen LogP contribution in [0.15, 0.2) is 54.6 Å². The van der Waals surface area contributed by atoms with Crippen molar-refractivity contribution < 1.29 is 9.59 Å². The molecular formula is C23H26N2O2. The largest absolute Gasteiger partial charge is 0.327 e. The molecule has 3 rings (SSSR count). The van der Waals surface area contributed by atoms with Gasteiger partial charge in [-0.25, -0.2) is 0 Å². The van der Waals surface area contributed by atoms with E-state index in [9.17, 15) is 9.59 Å². The number of anilines is 1. The molecule has 0 aliphatic carbocycles. The van der Waals surface area contributed by atoms with Gasteiger partial charge in [0.15, 0.2) is 5.78 Å². The Morgan fingerprint density at radius 2 is 1.63 bits per heavy atom. The highest BCUT2D eigenvalue weighted by Crippen LogP contribution is 2.31. The first-order valence-electron chi connectivity index (χ1n) is 9.62. The second kappa shape index (κ2) is 8.67. The average Bonchev–Trinajstić information content (AvgIpc) is 2.99. The topological polar surface area (TPSA) is 51.1 Å². The Balaban J connectivity index is 2.03. The van der Waals surface area contributed by atoms with E-state index in [1.807, 2.05) is 42.5 Å². The van der Waals surface area contributed by atoms with Crippen LogP contribution < -0.4 is 5.32 Å². The molecule has 0 aliphatic rings. The summed E-state index contributed by atoms with van der Waals surface area (Å²) in [5, 5.41) is 3.90. The molecule has 2 aromatic carbocycles. The van der Waals surface area contributed by atoms with Crippen LogP contribution in [-0.2, 0) is 6.54 Å². The summed E-state index contributed by atoms with van der Waals surface area (Å²) in [5.41, 5.74) is 2.16. The molecule has 4 heteroatoms. The number of para-hydroxylation sites is 1. The van der Waals surface area contributed by atoms with E-state index in [0.717, 1.165) is 30.3 Å².